The van der Waals surface area contributed by atoms with E-state index < -0.39 is 0 Å². The van der Waals surface area contributed by atoms with Crippen LogP contribution in [0.25, 0.3) is 10.9 Å². The number of halogens is 1. The van der Waals surface area contributed by atoms with E-state index in [0.717, 1.165) is 35.6 Å². The maximum atomic E-state index is 9.06. The van der Waals surface area contributed by atoms with Crippen molar-refractivity contribution in [3.8, 4) is 5.75 Å². The van der Waals surface area contributed by atoms with E-state index in [0.29, 0.717) is 0 Å². The van der Waals surface area contributed by atoms with Crippen molar-refractivity contribution in [1.29, 1.82) is 0 Å². The second-order valence-electron chi connectivity index (χ2n) is 5.42. The molecule has 1 aromatic heterocycles. The van der Waals surface area contributed by atoms with Gasteiger partial charge in [-0.1, -0.05) is 13.3 Å². The Morgan fingerprint density at radius 2 is 2.04 bits per heavy atom. The number of aromatic nitrogens is 1. The molecule has 5 heteroatoms. The van der Waals surface area contributed by atoms with Gasteiger partial charge in [0, 0.05) is 28.3 Å². The van der Waals surface area contributed by atoms with E-state index in [1.165, 1.54) is 28.7 Å². The molecule has 0 atom stereocenters. The molecule has 23 heavy (non-hydrogen) atoms. The summed E-state index contributed by atoms with van der Waals surface area (Å²) in [5.74, 6) is 1.79. The number of aryl methyl sites for hydroxylation is 1. The Balaban J connectivity index is 0.00000264. The minimum absolute atomic E-state index is 0. The van der Waals surface area contributed by atoms with Gasteiger partial charge in [-0.15, -0.1) is 24.2 Å². The predicted octanol–water partition coefficient (Wildman–Crippen LogP) is 4.79. The number of pyridine rings is 1. The molecule has 0 saturated carbocycles. The lowest BCUT2D eigenvalue weighted by Gasteiger charge is -2.15. The van der Waals surface area contributed by atoms with Gasteiger partial charge < -0.3 is 9.84 Å². The van der Waals surface area contributed by atoms with E-state index in [4.69, 9.17) is 14.8 Å². The molecule has 0 spiro atoms. The monoisotopic (exact) mass is 355 g/mol. The summed E-state index contributed by atoms with van der Waals surface area (Å²) >= 11 is 1.83. The minimum Gasteiger partial charge on any atom is -0.497 e. The number of benzene rings is 1. The number of aliphatic hydroxyl groups excluding tert-OH is 1. The average molecular weight is 356 g/mol. The van der Waals surface area contributed by atoms with Crippen LogP contribution in [-0.4, -0.2) is 29.6 Å². The Labute approximate surface area is 149 Å². The summed E-state index contributed by atoms with van der Waals surface area (Å²) in [4.78, 5) is 6.08. The van der Waals surface area contributed by atoms with E-state index in [-0.39, 0.29) is 19.0 Å². The number of unbranched alkanes of at least 4 members (excludes halogenated alkanes) is 1. The quantitative estimate of drug-likeness (QED) is 0.546. The molecule has 0 fully saturated rings. The van der Waals surface area contributed by atoms with E-state index in [1.54, 1.807) is 7.11 Å². The zero-order valence-corrected chi connectivity index (χ0v) is 15.7. The number of thioether (sulfide) groups is 1. The highest BCUT2D eigenvalue weighted by Crippen LogP contribution is 2.35. The van der Waals surface area contributed by atoms with Gasteiger partial charge in [0.05, 0.1) is 12.6 Å². The number of rotatable bonds is 8. The molecule has 1 aromatic carbocycles. The first kappa shape index (κ1) is 20.1. The van der Waals surface area contributed by atoms with Gasteiger partial charge in [-0.25, -0.2) is 0 Å². The molecule has 0 bridgehead atoms. The van der Waals surface area contributed by atoms with E-state index in [9.17, 15) is 0 Å². The van der Waals surface area contributed by atoms with Crippen molar-refractivity contribution >= 4 is 35.1 Å². The molecule has 0 aliphatic heterocycles. The summed E-state index contributed by atoms with van der Waals surface area (Å²) < 4.78 is 5.38. The largest absolute Gasteiger partial charge is 0.497 e. The zero-order chi connectivity index (χ0) is 15.9. The van der Waals surface area contributed by atoms with Gasteiger partial charge in [0.2, 0.25) is 0 Å². The van der Waals surface area contributed by atoms with Crippen molar-refractivity contribution in [2.75, 3.05) is 19.5 Å². The smallest absolute Gasteiger partial charge is 0.119 e. The third kappa shape index (κ3) is 5.00. The average Bonchev–Trinajstić information content (AvgIpc) is 2.53. The van der Waals surface area contributed by atoms with Gasteiger partial charge in [-0.2, -0.15) is 0 Å². The number of aliphatic hydroxyl groups is 1. The third-order valence-corrected chi connectivity index (χ3v) is 5.02. The highest BCUT2D eigenvalue weighted by Gasteiger charge is 2.13. The van der Waals surface area contributed by atoms with Crippen LogP contribution in [0.5, 0.6) is 5.75 Å². The topological polar surface area (TPSA) is 42.4 Å². The fourth-order valence-corrected chi connectivity index (χ4v) is 3.77. The molecule has 1 N–H and O–H groups in total. The SMILES string of the molecule is CCCCc1c(C)nc2ccc(OC)cc2c1SCCCO.Cl. The van der Waals surface area contributed by atoms with Crippen LogP contribution in [0.2, 0.25) is 0 Å². The van der Waals surface area contributed by atoms with Gasteiger partial charge >= 0.3 is 0 Å². The first-order valence-electron chi connectivity index (χ1n) is 7.92. The minimum atomic E-state index is 0. The molecule has 3 nitrogen and oxygen atoms in total. The van der Waals surface area contributed by atoms with Gasteiger partial charge in [-0.3, -0.25) is 4.98 Å². The first-order chi connectivity index (χ1) is 10.7. The van der Waals surface area contributed by atoms with Crippen LogP contribution in [0.3, 0.4) is 0 Å². The van der Waals surface area contributed by atoms with E-state index in [2.05, 4.69) is 19.9 Å². The number of fused-ring (bicyclic) bond motifs is 1. The molecular formula is C18H26ClNO2S. The van der Waals surface area contributed by atoms with Gasteiger partial charge in [0.1, 0.15) is 5.75 Å². The molecule has 0 unspecified atom stereocenters. The van der Waals surface area contributed by atoms with Crippen molar-refractivity contribution in [1.82, 2.24) is 4.98 Å². The molecule has 2 rings (SSSR count). The van der Waals surface area contributed by atoms with Crippen LogP contribution in [0.15, 0.2) is 23.1 Å². The second-order valence-corrected chi connectivity index (χ2v) is 6.52. The standard InChI is InChI=1S/C18H25NO2S.ClH/c1-4-5-7-15-13(2)19-17-9-8-14(21-3)12-16(17)18(15)22-11-6-10-20;/h8-9,12,20H,4-7,10-11H2,1-3H3;1H. The number of hydrogen-bond donors (Lipinski definition) is 1. The lowest BCUT2D eigenvalue weighted by Crippen LogP contribution is -2.00. The highest BCUT2D eigenvalue weighted by atomic mass is 35.5. The Morgan fingerprint density at radius 3 is 2.70 bits per heavy atom. The van der Waals surface area contributed by atoms with Crippen molar-refractivity contribution in [3.05, 3.63) is 29.5 Å². The molecular weight excluding hydrogens is 330 g/mol. The summed E-state index contributed by atoms with van der Waals surface area (Å²) in [6.07, 6.45) is 4.22. The summed E-state index contributed by atoms with van der Waals surface area (Å²) in [6, 6.07) is 6.07. The summed E-state index contributed by atoms with van der Waals surface area (Å²) in [5, 5.41) is 10.2. The summed E-state index contributed by atoms with van der Waals surface area (Å²) in [5.41, 5.74) is 3.49. The van der Waals surface area contributed by atoms with Crippen LogP contribution in [0.4, 0.5) is 0 Å². The molecule has 128 valence electrons. The molecule has 1 heterocycles. The molecule has 0 aliphatic carbocycles. The number of methoxy groups -OCH3 is 1. The first-order valence-corrected chi connectivity index (χ1v) is 8.90. The maximum absolute atomic E-state index is 9.06. The van der Waals surface area contributed by atoms with Crippen molar-refractivity contribution < 1.29 is 9.84 Å². The maximum Gasteiger partial charge on any atom is 0.119 e. The highest BCUT2D eigenvalue weighted by molar-refractivity contribution is 7.99. The molecule has 2 aromatic rings. The summed E-state index contributed by atoms with van der Waals surface area (Å²) in [7, 11) is 1.69. The number of nitrogens with zero attached hydrogens (tertiary/aromatic N) is 1. The molecule has 0 radical (unpaired) electrons. The zero-order valence-electron chi connectivity index (χ0n) is 14.1. The van der Waals surface area contributed by atoms with Crippen LogP contribution in [-0.2, 0) is 6.42 Å². The Bertz CT molecular complexity index is 634. The predicted molar refractivity (Wildman–Crippen MR) is 101 cm³/mol. The molecule has 0 aliphatic rings. The Kier molecular flexibility index (Phi) is 8.74. The number of hydrogen-bond acceptors (Lipinski definition) is 4. The third-order valence-electron chi connectivity index (χ3n) is 3.78. The fraction of sp³-hybridized carbons (Fsp3) is 0.500. The molecule has 0 amide bonds. The van der Waals surface area contributed by atoms with Gasteiger partial charge in [0.15, 0.2) is 0 Å². The van der Waals surface area contributed by atoms with Crippen LogP contribution in [0, 0.1) is 6.92 Å². The van der Waals surface area contributed by atoms with Crippen molar-refractivity contribution in [3.63, 3.8) is 0 Å². The van der Waals surface area contributed by atoms with Crippen LogP contribution in [0.1, 0.15) is 37.4 Å². The Morgan fingerprint density at radius 1 is 1.26 bits per heavy atom. The summed E-state index contributed by atoms with van der Waals surface area (Å²) in [6.45, 7) is 4.55. The Hall–Kier alpha value is -0.970. The second kappa shape index (κ2) is 10.0. The van der Waals surface area contributed by atoms with Crippen molar-refractivity contribution in [2.45, 2.75) is 44.4 Å². The van der Waals surface area contributed by atoms with Crippen LogP contribution >= 0.6 is 24.2 Å². The fourth-order valence-electron chi connectivity index (χ4n) is 2.55. The molecule has 0 saturated heterocycles. The van der Waals surface area contributed by atoms with Crippen molar-refractivity contribution in [2.24, 2.45) is 0 Å². The van der Waals surface area contributed by atoms with Crippen LogP contribution < -0.4 is 4.74 Å². The number of ether oxygens (including phenoxy) is 1. The van der Waals surface area contributed by atoms with Gasteiger partial charge in [-0.05, 0) is 49.9 Å². The normalized spacial score (nSPS) is 10.6. The lowest BCUT2D eigenvalue weighted by molar-refractivity contribution is 0.296. The van der Waals surface area contributed by atoms with E-state index in [1.807, 2.05) is 23.9 Å². The lowest BCUT2D eigenvalue weighted by atomic mass is 10.0. The van der Waals surface area contributed by atoms with E-state index >= 15 is 0 Å². The van der Waals surface area contributed by atoms with Gasteiger partial charge in [0.25, 0.3) is 0 Å².